The van der Waals surface area contributed by atoms with Gasteiger partial charge in [0.15, 0.2) is 5.75 Å². The van der Waals surface area contributed by atoms with Crippen molar-refractivity contribution < 1.29 is 9.53 Å². The molecule has 0 atom stereocenters. The Balaban J connectivity index is 1.70. The van der Waals surface area contributed by atoms with Gasteiger partial charge in [-0.2, -0.15) is 0 Å². The van der Waals surface area contributed by atoms with Gasteiger partial charge >= 0.3 is 0 Å². The zero-order valence-electron chi connectivity index (χ0n) is 15.6. The number of nitrogens with one attached hydrogen (secondary N) is 1. The molecule has 0 spiro atoms. The van der Waals surface area contributed by atoms with Crippen molar-refractivity contribution in [2.75, 3.05) is 5.32 Å². The number of amides is 1. The summed E-state index contributed by atoms with van der Waals surface area (Å²) in [5.41, 5.74) is 1.21. The molecule has 0 aliphatic carbocycles. The fraction of sp³-hybridized carbons (Fsp3) is 0.0435. The molecular weight excluding hydrogens is 388 g/mol. The molecule has 0 radical (unpaired) electrons. The first-order valence-corrected chi connectivity index (χ1v) is 9.34. The topological polar surface area (TPSA) is 60.3 Å². The third-order valence-electron chi connectivity index (χ3n) is 4.59. The predicted molar refractivity (Wildman–Crippen MR) is 115 cm³/mol. The highest BCUT2D eigenvalue weighted by Gasteiger charge is 2.16. The van der Waals surface area contributed by atoms with Gasteiger partial charge in [0, 0.05) is 18.5 Å². The predicted octanol–water partition coefficient (Wildman–Crippen LogP) is 5.24. The van der Waals surface area contributed by atoms with Crippen LogP contribution in [0.4, 0.5) is 5.69 Å². The average Bonchev–Trinajstić information content (AvgIpc) is 2.73. The Morgan fingerprint density at radius 1 is 0.931 bits per heavy atom. The van der Waals surface area contributed by atoms with Crippen LogP contribution < -0.4 is 15.6 Å². The molecule has 3 aromatic carbocycles. The summed E-state index contributed by atoms with van der Waals surface area (Å²) in [5.74, 6) is 0.533. The maximum absolute atomic E-state index is 13.0. The molecule has 0 aliphatic heterocycles. The second-order valence-electron chi connectivity index (χ2n) is 6.46. The van der Waals surface area contributed by atoms with Crippen LogP contribution in [-0.2, 0) is 7.05 Å². The van der Waals surface area contributed by atoms with Gasteiger partial charge in [0.2, 0.25) is 0 Å². The quantitative estimate of drug-likeness (QED) is 0.506. The van der Waals surface area contributed by atoms with Crippen molar-refractivity contribution >= 4 is 34.1 Å². The van der Waals surface area contributed by atoms with Crippen LogP contribution >= 0.6 is 11.6 Å². The molecule has 0 unspecified atom stereocenters. The lowest BCUT2D eigenvalue weighted by Crippen LogP contribution is -2.21. The van der Waals surface area contributed by atoms with Crippen LogP contribution in [-0.4, -0.2) is 10.5 Å². The van der Waals surface area contributed by atoms with Crippen molar-refractivity contribution in [3.05, 3.63) is 99.8 Å². The van der Waals surface area contributed by atoms with Crippen molar-refractivity contribution in [3.8, 4) is 11.5 Å². The van der Waals surface area contributed by atoms with E-state index in [0.717, 1.165) is 0 Å². The Bertz CT molecular complexity index is 1280. The van der Waals surface area contributed by atoms with Gasteiger partial charge < -0.3 is 14.6 Å². The van der Waals surface area contributed by atoms with Crippen LogP contribution in [0.5, 0.6) is 11.5 Å². The second kappa shape index (κ2) is 7.81. The third kappa shape index (κ3) is 3.73. The molecular formula is C23H17ClN2O3. The molecule has 144 valence electrons. The largest absolute Gasteiger partial charge is 0.454 e. The molecule has 1 heterocycles. The lowest BCUT2D eigenvalue weighted by Gasteiger charge is -2.14. The van der Waals surface area contributed by atoms with Gasteiger partial charge in [-0.15, -0.1) is 0 Å². The van der Waals surface area contributed by atoms with E-state index in [1.165, 1.54) is 10.6 Å². The smallest absolute Gasteiger partial charge is 0.256 e. The summed E-state index contributed by atoms with van der Waals surface area (Å²) in [4.78, 5) is 25.3. The number of para-hydroxylation sites is 4. The number of ether oxygens (including phenoxy) is 1. The summed E-state index contributed by atoms with van der Waals surface area (Å²) in [7, 11) is 1.68. The monoisotopic (exact) mass is 404 g/mol. The van der Waals surface area contributed by atoms with Gasteiger partial charge in [-0.3, -0.25) is 9.59 Å². The normalized spacial score (nSPS) is 10.7. The Hall–Kier alpha value is -3.57. The number of fused-ring (bicyclic) bond motifs is 1. The van der Waals surface area contributed by atoms with Crippen molar-refractivity contribution in [2.24, 2.45) is 7.05 Å². The van der Waals surface area contributed by atoms with E-state index in [1.807, 2.05) is 36.4 Å². The van der Waals surface area contributed by atoms with Crippen LogP contribution in [0.3, 0.4) is 0 Å². The standard InChI is InChI=1S/C23H17ClN2O3/c1-26-19-11-5-2-8-15(19)16(14-22(26)27)23(28)25-18-10-4-7-13-21(18)29-20-12-6-3-9-17(20)24/h2-14H,1H3,(H,25,28). The van der Waals surface area contributed by atoms with Crippen LogP contribution in [0.15, 0.2) is 83.7 Å². The average molecular weight is 405 g/mol. The number of hydrogen-bond donors (Lipinski definition) is 1. The van der Waals surface area contributed by atoms with Gasteiger partial charge in [-0.25, -0.2) is 0 Å². The minimum Gasteiger partial charge on any atom is -0.454 e. The van der Waals surface area contributed by atoms with Gasteiger partial charge in [0.25, 0.3) is 11.5 Å². The van der Waals surface area contributed by atoms with Crippen LogP contribution in [0.1, 0.15) is 10.4 Å². The van der Waals surface area contributed by atoms with E-state index in [2.05, 4.69) is 5.32 Å². The number of pyridine rings is 1. The lowest BCUT2D eigenvalue weighted by atomic mass is 10.1. The minimum atomic E-state index is -0.394. The number of aromatic nitrogens is 1. The molecule has 0 fully saturated rings. The number of benzene rings is 3. The number of aryl methyl sites for hydroxylation is 1. The summed E-state index contributed by atoms with van der Waals surface area (Å²) in [6.45, 7) is 0. The molecule has 29 heavy (non-hydrogen) atoms. The number of halogens is 1. The fourth-order valence-electron chi connectivity index (χ4n) is 3.09. The van der Waals surface area contributed by atoms with Gasteiger partial charge in [0.1, 0.15) is 5.75 Å². The van der Waals surface area contributed by atoms with Crippen molar-refractivity contribution in [1.82, 2.24) is 4.57 Å². The summed E-state index contributed by atoms with van der Waals surface area (Å²) in [6, 6.07) is 22.8. The number of carbonyl (C=O) groups is 1. The summed E-state index contributed by atoms with van der Waals surface area (Å²) >= 11 is 6.18. The van der Waals surface area contributed by atoms with E-state index in [-0.39, 0.29) is 5.56 Å². The van der Waals surface area contributed by atoms with Crippen LogP contribution in [0.25, 0.3) is 10.9 Å². The lowest BCUT2D eigenvalue weighted by molar-refractivity contribution is 0.102. The molecule has 0 bridgehead atoms. The number of anilines is 1. The Labute approximate surface area is 172 Å². The zero-order valence-corrected chi connectivity index (χ0v) is 16.3. The van der Waals surface area contributed by atoms with Crippen LogP contribution in [0.2, 0.25) is 5.02 Å². The molecule has 6 heteroatoms. The Morgan fingerprint density at radius 3 is 2.38 bits per heavy atom. The zero-order chi connectivity index (χ0) is 20.4. The number of rotatable bonds is 4. The summed E-state index contributed by atoms with van der Waals surface area (Å²) in [5, 5.41) is 4.01. The van der Waals surface area contributed by atoms with Crippen molar-refractivity contribution in [2.45, 2.75) is 0 Å². The molecule has 0 saturated heterocycles. The molecule has 4 rings (SSSR count). The molecule has 0 saturated carbocycles. The van der Waals surface area contributed by atoms with E-state index >= 15 is 0 Å². The van der Waals surface area contributed by atoms with Crippen LogP contribution in [0, 0.1) is 0 Å². The maximum atomic E-state index is 13.0. The Morgan fingerprint density at radius 2 is 1.59 bits per heavy atom. The Kier molecular flexibility index (Phi) is 5.06. The number of nitrogens with zero attached hydrogens (tertiary/aromatic N) is 1. The highest BCUT2D eigenvalue weighted by molar-refractivity contribution is 6.32. The van der Waals surface area contributed by atoms with E-state index in [4.69, 9.17) is 16.3 Å². The van der Waals surface area contributed by atoms with Crippen molar-refractivity contribution in [1.29, 1.82) is 0 Å². The SMILES string of the molecule is Cn1c(=O)cc(C(=O)Nc2ccccc2Oc2ccccc2Cl)c2ccccc21. The summed E-state index contributed by atoms with van der Waals surface area (Å²) in [6.07, 6.45) is 0. The molecule has 1 aromatic heterocycles. The third-order valence-corrected chi connectivity index (χ3v) is 4.90. The number of carbonyl (C=O) groups excluding carboxylic acids is 1. The second-order valence-corrected chi connectivity index (χ2v) is 6.86. The molecule has 1 amide bonds. The first-order valence-electron chi connectivity index (χ1n) is 8.96. The highest BCUT2D eigenvalue weighted by atomic mass is 35.5. The van der Waals surface area contributed by atoms with E-state index in [1.54, 1.807) is 43.4 Å². The van der Waals surface area contributed by atoms with Crippen molar-refractivity contribution in [3.63, 3.8) is 0 Å². The van der Waals surface area contributed by atoms with E-state index in [0.29, 0.717) is 38.7 Å². The minimum absolute atomic E-state index is 0.255. The molecule has 0 aliphatic rings. The van der Waals surface area contributed by atoms with Gasteiger partial charge in [-0.1, -0.05) is 54.1 Å². The van der Waals surface area contributed by atoms with E-state index in [9.17, 15) is 9.59 Å². The maximum Gasteiger partial charge on any atom is 0.256 e. The fourth-order valence-corrected chi connectivity index (χ4v) is 3.27. The molecule has 5 nitrogen and oxygen atoms in total. The van der Waals surface area contributed by atoms with Gasteiger partial charge in [0.05, 0.1) is 21.8 Å². The highest BCUT2D eigenvalue weighted by Crippen LogP contribution is 2.33. The first kappa shape index (κ1) is 18.8. The summed E-state index contributed by atoms with van der Waals surface area (Å²) < 4.78 is 7.41. The van der Waals surface area contributed by atoms with E-state index < -0.39 is 5.91 Å². The molecule has 4 aromatic rings. The van der Waals surface area contributed by atoms with Gasteiger partial charge in [-0.05, 0) is 30.3 Å². The molecule has 1 N–H and O–H groups in total. The first-order chi connectivity index (χ1) is 14.0. The number of hydrogen-bond acceptors (Lipinski definition) is 3.